The molecule has 0 rings (SSSR count). The van der Waals surface area contributed by atoms with E-state index >= 15 is 0 Å². The SMILES string of the molecule is C=C(CC(CCCCCC)CCCCCCCC)OCC(COC(=O)CC(CCCCCC)CCCCCCCC)C(CC(C)(O)O)CC(C)(O)O.CCCCCO. The van der Waals surface area contributed by atoms with Crippen LogP contribution in [0, 0.1) is 23.7 Å². The topological polar surface area (TPSA) is 137 Å². The van der Waals surface area contributed by atoms with Crippen molar-refractivity contribution in [1.29, 1.82) is 0 Å². The Hall–Kier alpha value is -1.19. The Kier molecular flexibility index (Phi) is 40.5. The Morgan fingerprint density at radius 1 is 0.483 bits per heavy atom. The van der Waals surface area contributed by atoms with Crippen molar-refractivity contribution in [2.45, 2.75) is 259 Å². The van der Waals surface area contributed by atoms with Gasteiger partial charge >= 0.3 is 5.97 Å². The first-order valence-electron chi connectivity index (χ1n) is 24.6. The number of esters is 1. The number of hydrogen-bond donors (Lipinski definition) is 5. The molecule has 8 heteroatoms. The van der Waals surface area contributed by atoms with Gasteiger partial charge in [0.15, 0.2) is 11.6 Å². The van der Waals surface area contributed by atoms with Crippen LogP contribution in [0.3, 0.4) is 0 Å². The van der Waals surface area contributed by atoms with Gasteiger partial charge in [0.25, 0.3) is 0 Å². The number of unbranched alkanes of at least 4 members (excludes halogenated alkanes) is 18. The van der Waals surface area contributed by atoms with Gasteiger partial charge in [-0.25, -0.2) is 0 Å². The van der Waals surface area contributed by atoms with Crippen LogP contribution in [0.15, 0.2) is 12.3 Å². The number of aliphatic hydroxyl groups is 5. The third-order valence-corrected chi connectivity index (χ3v) is 11.5. The fraction of sp³-hybridized carbons (Fsp3) is 0.940. The number of allylic oxidation sites excluding steroid dienone is 1. The normalized spacial score (nSPS) is 13.5. The predicted octanol–water partition coefficient (Wildman–Crippen LogP) is 13.1. The zero-order valence-electron chi connectivity index (χ0n) is 39.5. The van der Waals surface area contributed by atoms with Crippen molar-refractivity contribution in [3.05, 3.63) is 12.3 Å². The van der Waals surface area contributed by atoms with Crippen molar-refractivity contribution in [3.63, 3.8) is 0 Å². The molecule has 5 N–H and O–H groups in total. The average Bonchev–Trinajstić information content (AvgIpc) is 3.15. The summed E-state index contributed by atoms with van der Waals surface area (Å²) in [6.45, 7) is 18.5. The van der Waals surface area contributed by atoms with Crippen molar-refractivity contribution >= 4 is 5.97 Å². The van der Waals surface area contributed by atoms with Crippen molar-refractivity contribution in [1.82, 2.24) is 0 Å². The molecule has 0 aliphatic carbocycles. The maximum absolute atomic E-state index is 13.3. The van der Waals surface area contributed by atoms with Crippen LogP contribution in [0.1, 0.15) is 248 Å². The summed E-state index contributed by atoms with van der Waals surface area (Å²) in [5, 5.41) is 49.8. The third kappa shape index (κ3) is 41.5. The van der Waals surface area contributed by atoms with Crippen molar-refractivity contribution < 1.29 is 39.8 Å². The van der Waals surface area contributed by atoms with E-state index in [0.717, 1.165) is 57.8 Å². The van der Waals surface area contributed by atoms with E-state index in [1.54, 1.807) is 0 Å². The second-order valence-electron chi connectivity index (χ2n) is 18.3. The summed E-state index contributed by atoms with van der Waals surface area (Å²) in [4.78, 5) is 13.3. The highest BCUT2D eigenvalue weighted by atomic mass is 16.5. The Morgan fingerprint density at radius 2 is 0.810 bits per heavy atom. The molecule has 0 radical (unpaired) electrons. The van der Waals surface area contributed by atoms with Gasteiger partial charge in [-0.05, 0) is 50.9 Å². The molecule has 3 unspecified atom stereocenters. The Labute approximate surface area is 359 Å². The zero-order valence-corrected chi connectivity index (χ0v) is 39.5. The number of ether oxygens (including phenoxy) is 2. The van der Waals surface area contributed by atoms with Crippen LogP contribution in [0.5, 0.6) is 0 Å². The van der Waals surface area contributed by atoms with Gasteiger partial charge in [-0.1, -0.05) is 195 Å². The van der Waals surface area contributed by atoms with Crippen LogP contribution < -0.4 is 0 Å². The Bertz CT molecular complexity index is 825. The molecule has 0 aromatic heterocycles. The second kappa shape index (κ2) is 39.9. The fourth-order valence-electron chi connectivity index (χ4n) is 8.02. The lowest BCUT2D eigenvalue weighted by atomic mass is 9.82. The highest BCUT2D eigenvalue weighted by Crippen LogP contribution is 2.32. The van der Waals surface area contributed by atoms with Crippen LogP contribution in [0.2, 0.25) is 0 Å². The van der Waals surface area contributed by atoms with Gasteiger partial charge in [0.1, 0.15) is 0 Å². The molecular weight excluding hydrogens is 729 g/mol. The monoisotopic (exact) mass is 829 g/mol. The summed E-state index contributed by atoms with van der Waals surface area (Å²) in [6, 6.07) is 0. The minimum absolute atomic E-state index is 0.0146. The van der Waals surface area contributed by atoms with Gasteiger partial charge in [0.05, 0.1) is 19.0 Å². The molecule has 0 fully saturated rings. The van der Waals surface area contributed by atoms with Gasteiger partial charge < -0.3 is 35.0 Å². The summed E-state index contributed by atoms with van der Waals surface area (Å²) in [5.41, 5.74) is 0. The standard InChI is InChI=1S/C45H88O7.C5H12O/c1-8-12-16-20-22-26-29-39(28-24-18-14-10-3)32-38(5)51-36-42(41(34-44(6,47)48)35-45(7,49)50)37-52-43(46)33-40(30-25-19-15-11-4)31-27-23-21-17-13-9-2;1-2-3-4-5-6/h39-42,47-50H,5,8-37H2,1-4,6-7H3;6H,2-5H2,1H3. The van der Waals surface area contributed by atoms with Gasteiger partial charge in [0, 0.05) is 38.2 Å². The minimum Gasteiger partial charge on any atom is -0.498 e. The molecule has 8 nitrogen and oxygen atoms in total. The Morgan fingerprint density at radius 3 is 1.17 bits per heavy atom. The van der Waals surface area contributed by atoms with E-state index in [-0.39, 0.29) is 37.9 Å². The summed E-state index contributed by atoms with van der Waals surface area (Å²) in [6.07, 6.45) is 33.2. The minimum atomic E-state index is -2.03. The van der Waals surface area contributed by atoms with Crippen molar-refractivity contribution in [2.24, 2.45) is 23.7 Å². The molecule has 0 aliphatic rings. The molecule has 0 aromatic carbocycles. The zero-order chi connectivity index (χ0) is 43.9. The smallest absolute Gasteiger partial charge is 0.306 e. The maximum Gasteiger partial charge on any atom is 0.306 e. The highest BCUT2D eigenvalue weighted by Gasteiger charge is 2.35. The van der Waals surface area contributed by atoms with E-state index < -0.39 is 23.4 Å². The number of aliphatic hydroxyl groups excluding tert-OH is 1. The quantitative estimate of drug-likeness (QED) is 0.0178. The molecule has 0 heterocycles. The van der Waals surface area contributed by atoms with E-state index in [4.69, 9.17) is 14.6 Å². The van der Waals surface area contributed by atoms with Crippen LogP contribution in [0.25, 0.3) is 0 Å². The largest absolute Gasteiger partial charge is 0.498 e. The molecule has 0 amide bonds. The summed E-state index contributed by atoms with van der Waals surface area (Å²) in [5.74, 6) is -3.88. The van der Waals surface area contributed by atoms with Gasteiger partial charge in [-0.15, -0.1) is 0 Å². The molecule has 3 atom stereocenters. The van der Waals surface area contributed by atoms with E-state index in [1.165, 1.54) is 136 Å². The molecule has 0 aliphatic heterocycles. The lowest BCUT2D eigenvalue weighted by Gasteiger charge is -2.34. The first-order chi connectivity index (χ1) is 27.7. The lowest BCUT2D eigenvalue weighted by Crippen LogP contribution is -2.39. The van der Waals surface area contributed by atoms with E-state index in [2.05, 4.69) is 41.2 Å². The second-order valence-corrected chi connectivity index (χ2v) is 18.3. The van der Waals surface area contributed by atoms with Gasteiger partial charge in [0.2, 0.25) is 0 Å². The fourth-order valence-corrected chi connectivity index (χ4v) is 8.02. The number of carbonyl (C=O) groups is 1. The molecule has 0 saturated heterocycles. The molecule has 348 valence electrons. The molecule has 0 saturated carbocycles. The van der Waals surface area contributed by atoms with Gasteiger partial charge in [-0.3, -0.25) is 4.79 Å². The summed E-state index contributed by atoms with van der Waals surface area (Å²) in [7, 11) is 0. The van der Waals surface area contributed by atoms with E-state index in [0.29, 0.717) is 24.7 Å². The molecule has 0 aromatic rings. The van der Waals surface area contributed by atoms with Crippen molar-refractivity contribution in [3.8, 4) is 0 Å². The van der Waals surface area contributed by atoms with Crippen molar-refractivity contribution in [2.75, 3.05) is 19.8 Å². The predicted molar refractivity (Wildman–Crippen MR) is 244 cm³/mol. The molecule has 58 heavy (non-hydrogen) atoms. The Balaban J connectivity index is 0. The highest BCUT2D eigenvalue weighted by molar-refractivity contribution is 5.69. The van der Waals surface area contributed by atoms with E-state index in [1.807, 2.05) is 0 Å². The number of hydrogen-bond acceptors (Lipinski definition) is 8. The lowest BCUT2D eigenvalue weighted by molar-refractivity contribution is -0.193. The average molecular weight is 829 g/mol. The van der Waals surface area contributed by atoms with Crippen LogP contribution >= 0.6 is 0 Å². The molecule has 0 spiro atoms. The third-order valence-electron chi connectivity index (χ3n) is 11.5. The van der Waals surface area contributed by atoms with Crippen LogP contribution in [-0.4, -0.2) is 62.9 Å². The molecular formula is C50H100O8. The summed E-state index contributed by atoms with van der Waals surface area (Å²) < 4.78 is 12.2. The number of carbonyl (C=O) groups excluding carboxylic acids is 1. The van der Waals surface area contributed by atoms with Crippen LogP contribution in [-0.2, 0) is 14.3 Å². The number of rotatable bonds is 41. The van der Waals surface area contributed by atoms with E-state index in [9.17, 15) is 25.2 Å². The first kappa shape index (κ1) is 58.9. The first-order valence-corrected chi connectivity index (χ1v) is 24.6. The molecule has 0 bridgehead atoms. The maximum atomic E-state index is 13.3. The van der Waals surface area contributed by atoms with Crippen LogP contribution in [0.4, 0.5) is 0 Å². The summed E-state index contributed by atoms with van der Waals surface area (Å²) >= 11 is 0. The van der Waals surface area contributed by atoms with Gasteiger partial charge in [-0.2, -0.15) is 0 Å².